The molecule has 0 unspecified atom stereocenters. The van der Waals surface area contributed by atoms with Gasteiger partial charge in [0.2, 0.25) is 0 Å². The first-order valence-corrected chi connectivity index (χ1v) is 7.65. The molecule has 2 aromatic heterocycles. The number of carbonyl (C=O) groups excluding carboxylic acids is 1. The number of nitrogens with two attached hydrogens (primary N) is 1. The number of aromatic nitrogens is 2. The lowest BCUT2D eigenvalue weighted by Crippen LogP contribution is -2.34. The van der Waals surface area contributed by atoms with E-state index in [1.165, 1.54) is 11.3 Å². The third-order valence-corrected chi connectivity index (χ3v) is 4.47. The Bertz CT molecular complexity index is 639. The third-order valence-electron chi connectivity index (χ3n) is 3.37. The van der Waals surface area contributed by atoms with E-state index in [1.54, 1.807) is 12.3 Å². The monoisotopic (exact) mass is 308 g/mol. The van der Waals surface area contributed by atoms with Crippen molar-refractivity contribution in [1.82, 2.24) is 15.5 Å². The van der Waals surface area contributed by atoms with Crippen LogP contribution in [0, 0.1) is 5.41 Å². The third kappa shape index (κ3) is 3.68. The molecule has 21 heavy (non-hydrogen) atoms. The number of nitrogen functional groups attached to an aromatic ring is 1. The van der Waals surface area contributed by atoms with Crippen LogP contribution in [0.1, 0.15) is 36.4 Å². The van der Waals surface area contributed by atoms with Gasteiger partial charge in [0.05, 0.1) is 11.9 Å². The molecule has 2 rings (SSSR count). The summed E-state index contributed by atoms with van der Waals surface area (Å²) in [6, 6.07) is 1.76. The summed E-state index contributed by atoms with van der Waals surface area (Å²) < 4.78 is 0. The van der Waals surface area contributed by atoms with Crippen molar-refractivity contribution >= 4 is 33.1 Å². The van der Waals surface area contributed by atoms with E-state index in [9.17, 15) is 4.79 Å². The number of nitrogens with one attached hydrogen (secondary N) is 1. The highest BCUT2D eigenvalue weighted by molar-refractivity contribution is 7.21. The van der Waals surface area contributed by atoms with Gasteiger partial charge in [-0.2, -0.15) is 5.10 Å². The Morgan fingerprint density at radius 3 is 2.95 bits per heavy atom. The maximum atomic E-state index is 12.3. The van der Waals surface area contributed by atoms with E-state index in [-0.39, 0.29) is 17.9 Å². The second-order valence-corrected chi connectivity index (χ2v) is 6.77. The molecule has 7 heteroatoms. The fourth-order valence-electron chi connectivity index (χ4n) is 2.09. The van der Waals surface area contributed by atoms with E-state index in [4.69, 9.17) is 10.8 Å². The SMILES string of the molecule is CC(C)(CCCO)CNC(=O)c1sc2nnccc2c1N. The quantitative estimate of drug-likeness (QED) is 0.755. The fraction of sp³-hybridized carbons (Fsp3) is 0.500. The van der Waals surface area contributed by atoms with Gasteiger partial charge in [0, 0.05) is 18.5 Å². The van der Waals surface area contributed by atoms with Crippen LogP contribution in [-0.2, 0) is 0 Å². The maximum absolute atomic E-state index is 12.3. The molecule has 1 amide bonds. The van der Waals surface area contributed by atoms with Crippen LogP contribution in [0.4, 0.5) is 5.69 Å². The first-order chi connectivity index (χ1) is 9.94. The van der Waals surface area contributed by atoms with Gasteiger partial charge in [0.1, 0.15) is 9.71 Å². The highest BCUT2D eigenvalue weighted by atomic mass is 32.1. The zero-order valence-corrected chi connectivity index (χ0v) is 13.0. The lowest BCUT2D eigenvalue weighted by atomic mass is 9.88. The molecule has 0 saturated carbocycles. The fourth-order valence-corrected chi connectivity index (χ4v) is 3.04. The summed E-state index contributed by atoms with van der Waals surface area (Å²) in [5.74, 6) is -0.187. The van der Waals surface area contributed by atoms with Crippen LogP contribution in [-0.4, -0.2) is 34.4 Å². The second kappa shape index (κ2) is 6.36. The summed E-state index contributed by atoms with van der Waals surface area (Å²) >= 11 is 1.25. The van der Waals surface area contributed by atoms with Gasteiger partial charge in [-0.25, -0.2) is 0 Å². The van der Waals surface area contributed by atoms with Gasteiger partial charge in [-0.1, -0.05) is 13.8 Å². The van der Waals surface area contributed by atoms with Crippen LogP contribution in [0.5, 0.6) is 0 Å². The van der Waals surface area contributed by atoms with E-state index in [1.807, 2.05) is 0 Å². The Kier molecular flexibility index (Phi) is 4.74. The highest BCUT2D eigenvalue weighted by Crippen LogP contribution is 2.31. The van der Waals surface area contributed by atoms with E-state index >= 15 is 0 Å². The van der Waals surface area contributed by atoms with Crippen molar-refractivity contribution in [1.29, 1.82) is 0 Å². The Morgan fingerprint density at radius 2 is 2.29 bits per heavy atom. The van der Waals surface area contributed by atoms with Crippen LogP contribution in [0.3, 0.4) is 0 Å². The van der Waals surface area contributed by atoms with Crippen molar-refractivity contribution < 1.29 is 9.90 Å². The number of rotatable bonds is 6. The van der Waals surface area contributed by atoms with Crippen molar-refractivity contribution in [2.75, 3.05) is 18.9 Å². The van der Waals surface area contributed by atoms with Crippen LogP contribution in [0.25, 0.3) is 10.2 Å². The Balaban J connectivity index is 2.07. The molecule has 0 bridgehead atoms. The van der Waals surface area contributed by atoms with Crippen molar-refractivity contribution in [3.8, 4) is 0 Å². The molecule has 0 saturated heterocycles. The topological polar surface area (TPSA) is 101 Å². The second-order valence-electron chi connectivity index (χ2n) is 5.77. The van der Waals surface area contributed by atoms with Gasteiger partial charge in [-0.3, -0.25) is 4.79 Å². The largest absolute Gasteiger partial charge is 0.397 e. The minimum absolute atomic E-state index is 0.0658. The molecule has 2 aromatic rings. The Labute approximate surface area is 127 Å². The molecule has 2 heterocycles. The molecule has 0 radical (unpaired) electrons. The minimum atomic E-state index is -0.187. The number of fused-ring (bicyclic) bond motifs is 1. The summed E-state index contributed by atoms with van der Waals surface area (Å²) in [5, 5.41) is 20.3. The van der Waals surface area contributed by atoms with Crippen LogP contribution in [0.2, 0.25) is 0 Å². The van der Waals surface area contributed by atoms with Crippen LogP contribution >= 0.6 is 11.3 Å². The summed E-state index contributed by atoms with van der Waals surface area (Å²) in [6.07, 6.45) is 3.13. The average molecular weight is 308 g/mol. The molecule has 0 aromatic carbocycles. The van der Waals surface area contributed by atoms with Gasteiger partial charge < -0.3 is 16.2 Å². The molecule has 4 N–H and O–H groups in total. The molecule has 114 valence electrons. The average Bonchev–Trinajstić information content (AvgIpc) is 2.81. The van der Waals surface area contributed by atoms with Gasteiger partial charge in [-0.05, 0) is 24.3 Å². The number of amides is 1. The van der Waals surface area contributed by atoms with Crippen molar-refractivity contribution in [2.45, 2.75) is 26.7 Å². The lowest BCUT2D eigenvalue weighted by molar-refractivity contribution is 0.0938. The summed E-state index contributed by atoms with van der Waals surface area (Å²) in [6.45, 7) is 4.82. The van der Waals surface area contributed by atoms with Crippen LogP contribution < -0.4 is 11.1 Å². The van der Waals surface area contributed by atoms with Gasteiger partial charge in [-0.15, -0.1) is 16.4 Å². The standard InChI is InChI=1S/C14H20N4O2S/c1-14(2,5-3-7-19)8-16-12(20)11-10(15)9-4-6-17-18-13(9)21-11/h4,6,19H,3,5,7-8,15H2,1-2H3,(H,16,20). The maximum Gasteiger partial charge on any atom is 0.263 e. The highest BCUT2D eigenvalue weighted by Gasteiger charge is 2.21. The minimum Gasteiger partial charge on any atom is -0.397 e. The van der Waals surface area contributed by atoms with E-state index in [0.29, 0.717) is 21.9 Å². The summed E-state index contributed by atoms with van der Waals surface area (Å²) in [7, 11) is 0. The number of nitrogens with zero attached hydrogens (tertiary/aromatic N) is 2. The first kappa shape index (κ1) is 15.7. The van der Waals surface area contributed by atoms with Crippen molar-refractivity contribution in [2.24, 2.45) is 5.41 Å². The molecular weight excluding hydrogens is 288 g/mol. The predicted molar refractivity (Wildman–Crippen MR) is 84.3 cm³/mol. The zero-order valence-electron chi connectivity index (χ0n) is 12.2. The van der Waals surface area contributed by atoms with Crippen molar-refractivity contribution in [3.05, 3.63) is 17.1 Å². The Hall–Kier alpha value is -1.73. The van der Waals surface area contributed by atoms with Crippen LogP contribution in [0.15, 0.2) is 12.3 Å². The molecular formula is C14H20N4O2S. The number of thiophene rings is 1. The number of anilines is 1. The molecule has 0 aliphatic rings. The number of aliphatic hydroxyl groups excluding tert-OH is 1. The molecule has 6 nitrogen and oxygen atoms in total. The smallest absolute Gasteiger partial charge is 0.263 e. The lowest BCUT2D eigenvalue weighted by Gasteiger charge is -2.24. The van der Waals surface area contributed by atoms with E-state index in [2.05, 4.69) is 29.4 Å². The van der Waals surface area contributed by atoms with E-state index in [0.717, 1.165) is 18.2 Å². The first-order valence-electron chi connectivity index (χ1n) is 6.83. The van der Waals surface area contributed by atoms with Gasteiger partial charge in [0.15, 0.2) is 0 Å². The zero-order chi connectivity index (χ0) is 15.5. The summed E-state index contributed by atoms with van der Waals surface area (Å²) in [5.41, 5.74) is 6.40. The number of aliphatic hydroxyl groups is 1. The molecule has 0 aliphatic heterocycles. The van der Waals surface area contributed by atoms with E-state index < -0.39 is 0 Å². The molecule has 0 aliphatic carbocycles. The number of hydrogen-bond acceptors (Lipinski definition) is 6. The van der Waals surface area contributed by atoms with Crippen molar-refractivity contribution in [3.63, 3.8) is 0 Å². The molecule has 0 atom stereocenters. The number of hydrogen-bond donors (Lipinski definition) is 3. The van der Waals surface area contributed by atoms with Gasteiger partial charge in [0.25, 0.3) is 5.91 Å². The molecule has 0 fully saturated rings. The normalized spacial score (nSPS) is 11.8. The molecule has 0 spiro atoms. The van der Waals surface area contributed by atoms with Gasteiger partial charge >= 0.3 is 0 Å². The Morgan fingerprint density at radius 1 is 1.52 bits per heavy atom. The summed E-state index contributed by atoms with van der Waals surface area (Å²) in [4.78, 5) is 13.4. The number of carbonyl (C=O) groups is 1. The predicted octanol–water partition coefficient (Wildman–Crippen LogP) is 1.80.